The molecule has 1 fully saturated rings. The molecular formula is C28H28F2N2O. The van der Waals surface area contributed by atoms with Gasteiger partial charge in [0.2, 0.25) is 0 Å². The van der Waals surface area contributed by atoms with Gasteiger partial charge in [0, 0.05) is 6.54 Å². The molecule has 1 saturated heterocycles. The van der Waals surface area contributed by atoms with Gasteiger partial charge in [-0.1, -0.05) is 54.6 Å². The van der Waals surface area contributed by atoms with Gasteiger partial charge < -0.3 is 9.64 Å². The molecule has 0 aliphatic carbocycles. The Morgan fingerprint density at radius 2 is 1.39 bits per heavy atom. The molecule has 3 aromatic carbocycles. The Morgan fingerprint density at radius 1 is 0.848 bits per heavy atom. The first-order valence-electron chi connectivity index (χ1n) is 11.4. The van der Waals surface area contributed by atoms with Gasteiger partial charge in [-0.05, 0) is 73.3 Å². The maximum atomic E-state index is 13.4. The number of nitrogens with zero attached hydrogens (tertiary/aromatic N) is 2. The van der Waals surface area contributed by atoms with Crippen LogP contribution in [-0.2, 0) is 11.2 Å². The summed E-state index contributed by atoms with van der Waals surface area (Å²) in [6.07, 6.45) is 2.05. The third kappa shape index (κ3) is 6.04. The van der Waals surface area contributed by atoms with Crippen LogP contribution in [-0.4, -0.2) is 31.1 Å². The zero-order valence-corrected chi connectivity index (χ0v) is 18.6. The van der Waals surface area contributed by atoms with E-state index in [4.69, 9.17) is 4.74 Å². The van der Waals surface area contributed by atoms with E-state index in [1.54, 1.807) is 24.3 Å². The van der Waals surface area contributed by atoms with E-state index in [0.717, 1.165) is 50.0 Å². The number of likely N-dealkylation sites (tertiary alicyclic amines) is 1. The minimum atomic E-state index is -0.396. The number of ether oxygens (including phenoxy) is 1. The van der Waals surface area contributed by atoms with Gasteiger partial charge in [-0.15, -0.1) is 0 Å². The SMILES string of the molecule is N#CC1(Cc2ccccc2)CCN(CCOC(c2ccc(F)cc2)c2ccc(F)cc2)CC1. The van der Waals surface area contributed by atoms with Crippen molar-refractivity contribution in [2.45, 2.75) is 25.4 Å². The molecule has 0 aromatic heterocycles. The van der Waals surface area contributed by atoms with Crippen LogP contribution in [0.5, 0.6) is 0 Å². The largest absolute Gasteiger partial charge is 0.367 e. The molecular weight excluding hydrogens is 418 g/mol. The molecule has 3 aromatic rings. The number of piperidine rings is 1. The first kappa shape index (κ1) is 23.1. The number of benzene rings is 3. The van der Waals surface area contributed by atoms with Gasteiger partial charge in [0.25, 0.3) is 0 Å². The Morgan fingerprint density at radius 3 is 1.91 bits per heavy atom. The summed E-state index contributed by atoms with van der Waals surface area (Å²) in [7, 11) is 0. The quantitative estimate of drug-likeness (QED) is 0.431. The number of halogens is 2. The van der Waals surface area contributed by atoms with Crippen molar-refractivity contribution < 1.29 is 13.5 Å². The molecule has 0 spiro atoms. The van der Waals surface area contributed by atoms with Crippen molar-refractivity contribution in [1.82, 2.24) is 4.90 Å². The summed E-state index contributed by atoms with van der Waals surface area (Å²) in [5, 5.41) is 9.88. The Balaban J connectivity index is 1.34. The fourth-order valence-corrected chi connectivity index (χ4v) is 4.48. The highest BCUT2D eigenvalue weighted by atomic mass is 19.1. The van der Waals surface area contributed by atoms with Gasteiger partial charge in [0.15, 0.2) is 0 Å². The van der Waals surface area contributed by atoms with Gasteiger partial charge in [-0.3, -0.25) is 0 Å². The van der Waals surface area contributed by atoms with Crippen LogP contribution >= 0.6 is 0 Å². The summed E-state index contributed by atoms with van der Waals surface area (Å²) in [5.41, 5.74) is 2.54. The van der Waals surface area contributed by atoms with E-state index in [1.807, 2.05) is 18.2 Å². The predicted molar refractivity (Wildman–Crippen MR) is 124 cm³/mol. The fourth-order valence-electron chi connectivity index (χ4n) is 4.48. The summed E-state index contributed by atoms with van der Waals surface area (Å²) in [6, 6.07) is 25.3. The molecule has 170 valence electrons. The van der Waals surface area contributed by atoms with Crippen LogP contribution in [0.25, 0.3) is 0 Å². The molecule has 0 bridgehead atoms. The highest BCUT2D eigenvalue weighted by Gasteiger charge is 2.34. The average Bonchev–Trinajstić information content (AvgIpc) is 2.85. The van der Waals surface area contributed by atoms with Crippen LogP contribution in [0, 0.1) is 28.4 Å². The number of hydrogen-bond donors (Lipinski definition) is 0. The molecule has 5 heteroatoms. The highest BCUT2D eigenvalue weighted by molar-refractivity contribution is 5.30. The van der Waals surface area contributed by atoms with E-state index in [9.17, 15) is 14.0 Å². The summed E-state index contributed by atoms with van der Waals surface area (Å²) in [5.74, 6) is -0.609. The Hall–Kier alpha value is -3.07. The van der Waals surface area contributed by atoms with E-state index >= 15 is 0 Å². The van der Waals surface area contributed by atoms with E-state index in [2.05, 4.69) is 23.1 Å². The molecule has 0 unspecified atom stereocenters. The monoisotopic (exact) mass is 446 g/mol. The van der Waals surface area contributed by atoms with E-state index < -0.39 is 6.10 Å². The third-order valence-electron chi connectivity index (χ3n) is 6.47. The van der Waals surface area contributed by atoms with Crippen molar-refractivity contribution in [1.29, 1.82) is 5.26 Å². The molecule has 0 N–H and O–H groups in total. The van der Waals surface area contributed by atoms with Crippen LogP contribution in [0.3, 0.4) is 0 Å². The van der Waals surface area contributed by atoms with Gasteiger partial charge in [0.1, 0.15) is 17.7 Å². The Bertz CT molecular complexity index is 1010. The Labute approximate surface area is 194 Å². The van der Waals surface area contributed by atoms with Crippen LogP contribution in [0.2, 0.25) is 0 Å². The second kappa shape index (κ2) is 10.7. The summed E-state index contributed by atoms with van der Waals surface area (Å²) in [6.45, 7) is 2.92. The molecule has 0 atom stereocenters. The molecule has 3 nitrogen and oxygen atoms in total. The molecule has 0 saturated carbocycles. The minimum absolute atomic E-state index is 0.304. The minimum Gasteiger partial charge on any atom is -0.367 e. The van der Waals surface area contributed by atoms with E-state index in [0.29, 0.717) is 6.61 Å². The number of hydrogen-bond acceptors (Lipinski definition) is 3. The van der Waals surface area contributed by atoms with Crippen LogP contribution in [0.1, 0.15) is 35.6 Å². The molecule has 33 heavy (non-hydrogen) atoms. The maximum absolute atomic E-state index is 13.4. The molecule has 1 aliphatic rings. The fraction of sp³-hybridized carbons (Fsp3) is 0.321. The summed E-state index contributed by atoms with van der Waals surface area (Å²) >= 11 is 0. The molecule has 4 rings (SSSR count). The van der Waals surface area contributed by atoms with Crippen molar-refractivity contribution in [3.05, 3.63) is 107 Å². The van der Waals surface area contributed by atoms with E-state index in [-0.39, 0.29) is 17.0 Å². The first-order valence-corrected chi connectivity index (χ1v) is 11.4. The van der Waals surface area contributed by atoms with Crippen molar-refractivity contribution in [2.24, 2.45) is 5.41 Å². The smallest absolute Gasteiger partial charge is 0.123 e. The summed E-state index contributed by atoms with van der Waals surface area (Å²) in [4.78, 5) is 2.33. The van der Waals surface area contributed by atoms with Gasteiger partial charge in [-0.25, -0.2) is 8.78 Å². The number of rotatable bonds is 8. The zero-order valence-electron chi connectivity index (χ0n) is 18.6. The second-order valence-corrected chi connectivity index (χ2v) is 8.75. The van der Waals surface area contributed by atoms with Crippen molar-refractivity contribution in [3.8, 4) is 6.07 Å². The second-order valence-electron chi connectivity index (χ2n) is 8.75. The van der Waals surface area contributed by atoms with Gasteiger partial charge >= 0.3 is 0 Å². The topological polar surface area (TPSA) is 36.3 Å². The maximum Gasteiger partial charge on any atom is 0.123 e. The zero-order chi connectivity index (χ0) is 23.1. The van der Waals surface area contributed by atoms with Gasteiger partial charge in [-0.2, -0.15) is 5.26 Å². The lowest BCUT2D eigenvalue weighted by Crippen LogP contribution is -2.42. The standard InChI is InChI=1S/C28H28F2N2O/c29-25-10-6-23(7-11-25)27(24-8-12-26(30)13-9-24)33-19-18-32-16-14-28(21-31,15-17-32)20-22-4-2-1-3-5-22/h1-13,27H,14-20H2. The number of nitriles is 1. The predicted octanol–water partition coefficient (Wildman–Crippen LogP) is 5.92. The highest BCUT2D eigenvalue weighted by Crippen LogP contribution is 2.34. The molecule has 1 heterocycles. The first-order chi connectivity index (χ1) is 16.1. The average molecular weight is 447 g/mol. The molecule has 0 amide bonds. The van der Waals surface area contributed by atoms with Crippen LogP contribution in [0.4, 0.5) is 8.78 Å². The van der Waals surface area contributed by atoms with Gasteiger partial charge in [0.05, 0.1) is 18.1 Å². The van der Waals surface area contributed by atoms with Crippen LogP contribution < -0.4 is 0 Å². The summed E-state index contributed by atoms with van der Waals surface area (Å²) < 4.78 is 33.0. The normalized spacial score (nSPS) is 15.9. The molecule has 0 radical (unpaired) electrons. The lowest BCUT2D eigenvalue weighted by molar-refractivity contribution is 0.0460. The lowest BCUT2D eigenvalue weighted by atomic mass is 9.75. The molecule has 1 aliphatic heterocycles. The van der Waals surface area contributed by atoms with Crippen molar-refractivity contribution in [3.63, 3.8) is 0 Å². The lowest BCUT2D eigenvalue weighted by Gasteiger charge is -2.37. The Kier molecular flexibility index (Phi) is 7.49. The van der Waals surface area contributed by atoms with Crippen molar-refractivity contribution >= 4 is 0 Å². The van der Waals surface area contributed by atoms with Crippen molar-refractivity contribution in [2.75, 3.05) is 26.2 Å². The van der Waals surface area contributed by atoms with Crippen LogP contribution in [0.15, 0.2) is 78.9 Å². The third-order valence-corrected chi connectivity index (χ3v) is 6.47. The van der Waals surface area contributed by atoms with E-state index in [1.165, 1.54) is 29.8 Å².